The lowest BCUT2D eigenvalue weighted by molar-refractivity contribution is -0.138. The molecule has 2 aromatic rings. The van der Waals surface area contributed by atoms with E-state index in [1.165, 1.54) is 17.0 Å². The van der Waals surface area contributed by atoms with Gasteiger partial charge in [-0.05, 0) is 61.2 Å². The van der Waals surface area contributed by atoms with Gasteiger partial charge in [0, 0.05) is 17.5 Å². The zero-order valence-corrected chi connectivity index (χ0v) is 16.8. The summed E-state index contributed by atoms with van der Waals surface area (Å²) in [5, 5.41) is 17.8. The Kier molecular flexibility index (Phi) is 5.17. The Balaban J connectivity index is 1.68. The summed E-state index contributed by atoms with van der Waals surface area (Å²) in [6, 6.07) is 11.8. The third-order valence-electron chi connectivity index (χ3n) is 5.99. The van der Waals surface area contributed by atoms with Crippen molar-refractivity contribution in [3.05, 3.63) is 65.2 Å². The summed E-state index contributed by atoms with van der Waals surface area (Å²) in [4.78, 5) is 27.2. The van der Waals surface area contributed by atoms with Gasteiger partial charge < -0.3 is 10.0 Å². The average Bonchev–Trinajstić information content (AvgIpc) is 3.05. The van der Waals surface area contributed by atoms with Crippen LogP contribution >= 0.6 is 0 Å². The van der Waals surface area contributed by atoms with Crippen LogP contribution in [-0.4, -0.2) is 29.2 Å². The van der Waals surface area contributed by atoms with Crippen LogP contribution in [-0.2, 0) is 15.8 Å². The number of carboxylic acid groups (broad SMARTS) is 1. The van der Waals surface area contributed by atoms with Crippen molar-refractivity contribution in [3.8, 4) is 6.07 Å². The molecule has 2 fully saturated rings. The zero-order chi connectivity index (χ0) is 23.1. The third-order valence-corrected chi connectivity index (χ3v) is 5.99. The quantitative estimate of drug-likeness (QED) is 0.711. The summed E-state index contributed by atoms with van der Waals surface area (Å²) < 4.78 is 40.2. The Morgan fingerprint density at radius 1 is 1.12 bits per heavy atom. The molecule has 4 rings (SSSR count). The number of hydrogen-bond acceptors (Lipinski definition) is 4. The van der Waals surface area contributed by atoms with Crippen LogP contribution in [0.4, 0.5) is 24.5 Å². The van der Waals surface area contributed by atoms with E-state index in [0.717, 1.165) is 30.3 Å². The first-order valence-electron chi connectivity index (χ1n) is 9.88. The summed E-state index contributed by atoms with van der Waals surface area (Å²) in [5.74, 6) is -1.33. The maximum Gasteiger partial charge on any atom is 0.417 e. The maximum atomic E-state index is 13.4. The second-order valence-electron chi connectivity index (χ2n) is 7.79. The molecule has 1 aliphatic heterocycles. The van der Waals surface area contributed by atoms with Gasteiger partial charge in [0.15, 0.2) is 0 Å². The fourth-order valence-electron chi connectivity index (χ4n) is 4.20. The highest BCUT2D eigenvalue weighted by atomic mass is 19.4. The van der Waals surface area contributed by atoms with Crippen molar-refractivity contribution in [2.75, 3.05) is 16.5 Å². The van der Waals surface area contributed by atoms with Crippen LogP contribution in [0.2, 0.25) is 0 Å². The van der Waals surface area contributed by atoms with Gasteiger partial charge in [-0.3, -0.25) is 9.69 Å². The van der Waals surface area contributed by atoms with Gasteiger partial charge in [-0.1, -0.05) is 12.1 Å². The van der Waals surface area contributed by atoms with E-state index in [4.69, 9.17) is 10.4 Å². The molecule has 1 spiro atoms. The van der Waals surface area contributed by atoms with Gasteiger partial charge in [0.05, 0.1) is 23.9 Å². The number of hydrogen-bond donors (Lipinski definition) is 1. The van der Waals surface area contributed by atoms with Gasteiger partial charge in [-0.2, -0.15) is 18.4 Å². The van der Waals surface area contributed by atoms with Gasteiger partial charge >= 0.3 is 12.1 Å². The second kappa shape index (κ2) is 7.71. The highest BCUT2D eigenvalue weighted by molar-refractivity contribution is 6.06. The molecule has 2 aromatic carbocycles. The van der Waals surface area contributed by atoms with Crippen LogP contribution in [0.15, 0.2) is 48.5 Å². The Bertz CT molecular complexity index is 1150. The van der Waals surface area contributed by atoms with Crippen LogP contribution in [0.5, 0.6) is 0 Å². The van der Waals surface area contributed by atoms with Gasteiger partial charge in [0.1, 0.15) is 5.54 Å². The van der Waals surface area contributed by atoms with Crippen molar-refractivity contribution in [2.45, 2.75) is 31.0 Å². The first-order valence-corrected chi connectivity index (χ1v) is 9.88. The predicted octanol–water partition coefficient (Wildman–Crippen LogP) is 4.41. The molecular weight excluding hydrogens is 423 g/mol. The lowest BCUT2D eigenvalue weighted by Crippen LogP contribution is -2.54. The smallest absolute Gasteiger partial charge is 0.417 e. The van der Waals surface area contributed by atoms with Crippen molar-refractivity contribution in [1.82, 2.24) is 0 Å². The largest absolute Gasteiger partial charge is 0.478 e. The summed E-state index contributed by atoms with van der Waals surface area (Å²) >= 11 is 0. The number of rotatable bonds is 4. The summed E-state index contributed by atoms with van der Waals surface area (Å²) in [7, 11) is 0. The van der Waals surface area contributed by atoms with E-state index in [2.05, 4.69) is 0 Å². The molecule has 1 aliphatic carbocycles. The Morgan fingerprint density at radius 2 is 1.78 bits per heavy atom. The highest BCUT2D eigenvalue weighted by Gasteiger charge is 2.56. The van der Waals surface area contributed by atoms with Crippen LogP contribution in [0, 0.1) is 11.3 Å². The fourth-order valence-corrected chi connectivity index (χ4v) is 4.20. The second-order valence-corrected chi connectivity index (χ2v) is 7.79. The Hall–Kier alpha value is -3.80. The number of carbonyl (C=O) groups is 2. The molecule has 32 heavy (non-hydrogen) atoms. The van der Waals surface area contributed by atoms with E-state index < -0.39 is 28.8 Å². The van der Waals surface area contributed by atoms with Gasteiger partial charge in [0.2, 0.25) is 0 Å². The predicted molar refractivity (Wildman–Crippen MR) is 111 cm³/mol. The van der Waals surface area contributed by atoms with E-state index in [9.17, 15) is 22.8 Å². The molecule has 164 valence electrons. The number of carbonyl (C=O) groups excluding carboxylic acids is 1. The maximum absolute atomic E-state index is 13.4. The van der Waals surface area contributed by atoms with E-state index in [0.29, 0.717) is 18.4 Å². The lowest BCUT2D eigenvalue weighted by atomic mass is 9.75. The number of nitriles is 1. The number of amides is 1. The van der Waals surface area contributed by atoms with Crippen molar-refractivity contribution < 1.29 is 27.9 Å². The number of nitrogens with zero attached hydrogens (tertiary/aromatic N) is 3. The standard InChI is InChI=1S/C23H18F3N3O3/c24-23(25,26)19-12-18(8-5-16(19)13-27)28-14-29(22(21(28)32)10-1-11-22)17-6-2-15(3-7-17)4-9-20(30)31/h2-9,12H,1,10-11,14H2,(H,30,31)/b9-4+. The number of carboxylic acids is 1. The molecule has 1 saturated carbocycles. The summed E-state index contributed by atoms with van der Waals surface area (Å²) in [6.45, 7) is 0.0757. The van der Waals surface area contributed by atoms with Gasteiger partial charge in [-0.25, -0.2) is 4.79 Å². The van der Waals surface area contributed by atoms with Gasteiger partial charge in [0.25, 0.3) is 5.91 Å². The third kappa shape index (κ3) is 3.58. The molecule has 0 aromatic heterocycles. The number of halogens is 3. The minimum absolute atomic E-state index is 0.0757. The SMILES string of the molecule is N#Cc1ccc(N2CN(c3ccc(/C=C/C(=O)O)cc3)C3(CCC3)C2=O)cc1C(F)(F)F. The van der Waals surface area contributed by atoms with E-state index >= 15 is 0 Å². The first kappa shape index (κ1) is 21.4. The number of alkyl halides is 3. The molecule has 2 aliphatic rings. The van der Waals surface area contributed by atoms with Crippen molar-refractivity contribution in [1.29, 1.82) is 5.26 Å². The molecule has 1 saturated heterocycles. The molecule has 1 heterocycles. The normalized spacial score (nSPS) is 17.6. The summed E-state index contributed by atoms with van der Waals surface area (Å²) in [6.07, 6.45) is -0.237. The highest BCUT2D eigenvalue weighted by Crippen LogP contribution is 2.47. The minimum Gasteiger partial charge on any atom is -0.478 e. The molecule has 0 unspecified atom stereocenters. The van der Waals surface area contributed by atoms with Crippen LogP contribution < -0.4 is 9.80 Å². The molecule has 1 amide bonds. The lowest BCUT2D eigenvalue weighted by Gasteiger charge is -2.43. The van der Waals surface area contributed by atoms with Crippen LogP contribution in [0.25, 0.3) is 6.08 Å². The van der Waals surface area contributed by atoms with Crippen molar-refractivity contribution in [2.24, 2.45) is 0 Å². The van der Waals surface area contributed by atoms with Gasteiger partial charge in [-0.15, -0.1) is 0 Å². The number of benzene rings is 2. The Morgan fingerprint density at radius 3 is 2.31 bits per heavy atom. The molecule has 0 atom stereocenters. The monoisotopic (exact) mass is 441 g/mol. The van der Waals surface area contributed by atoms with Crippen molar-refractivity contribution >= 4 is 29.3 Å². The summed E-state index contributed by atoms with van der Waals surface area (Å²) in [5.41, 5.74) is -0.893. The van der Waals surface area contributed by atoms with E-state index in [-0.39, 0.29) is 18.3 Å². The minimum atomic E-state index is -4.71. The number of anilines is 2. The van der Waals surface area contributed by atoms with E-state index in [1.54, 1.807) is 30.3 Å². The molecule has 9 heteroatoms. The average molecular weight is 441 g/mol. The van der Waals surface area contributed by atoms with Crippen LogP contribution in [0.3, 0.4) is 0 Å². The first-order chi connectivity index (χ1) is 15.2. The molecule has 0 bridgehead atoms. The van der Waals surface area contributed by atoms with Crippen molar-refractivity contribution in [3.63, 3.8) is 0 Å². The molecule has 0 radical (unpaired) electrons. The Labute approximate surface area is 181 Å². The zero-order valence-electron chi connectivity index (χ0n) is 16.8. The molecular formula is C23H18F3N3O3. The topological polar surface area (TPSA) is 84.6 Å². The fraction of sp³-hybridized carbons (Fsp3) is 0.261. The molecule has 1 N–H and O–H groups in total. The van der Waals surface area contributed by atoms with E-state index in [1.807, 2.05) is 4.90 Å². The number of aliphatic carboxylic acids is 1. The molecule has 6 nitrogen and oxygen atoms in total. The van der Waals surface area contributed by atoms with Crippen LogP contribution in [0.1, 0.15) is 36.0 Å².